The van der Waals surface area contributed by atoms with Gasteiger partial charge in [0.25, 0.3) is 0 Å². The van der Waals surface area contributed by atoms with Crippen LogP contribution in [0.2, 0.25) is 5.02 Å². The Kier molecular flexibility index (Phi) is 5.40. The summed E-state index contributed by atoms with van der Waals surface area (Å²) in [5, 5.41) is 0.804. The molecule has 1 aliphatic carbocycles. The topological polar surface area (TPSA) is 72.0 Å². The molecule has 0 amide bonds. The molecule has 0 spiro atoms. The van der Waals surface area contributed by atoms with Crippen molar-refractivity contribution in [1.29, 1.82) is 0 Å². The van der Waals surface area contributed by atoms with E-state index < -0.39 is 6.36 Å². The van der Waals surface area contributed by atoms with E-state index in [0.29, 0.717) is 44.9 Å². The van der Waals surface area contributed by atoms with Gasteiger partial charge in [-0.05, 0) is 48.4 Å². The van der Waals surface area contributed by atoms with Crippen molar-refractivity contribution >= 4 is 28.3 Å². The number of carbonyl (C=O) groups is 1. The summed E-state index contributed by atoms with van der Waals surface area (Å²) in [4.78, 5) is 33.5. The number of fused-ring (bicyclic) bond motifs is 2. The Morgan fingerprint density at radius 1 is 0.971 bits per heavy atom. The number of Topliss-reactive ketones (excluding diaryl/α,β-unsaturated/α-hetero) is 1. The van der Waals surface area contributed by atoms with E-state index in [1.165, 1.54) is 24.3 Å². The number of H-pyrrole nitrogens is 1. The van der Waals surface area contributed by atoms with Gasteiger partial charge in [0, 0.05) is 51.4 Å². The number of hydrogen-bond acceptors (Lipinski definition) is 4. The fourth-order valence-electron chi connectivity index (χ4n) is 4.28. The Bertz CT molecular complexity index is 1460. The van der Waals surface area contributed by atoms with Crippen LogP contribution in [0.4, 0.5) is 13.2 Å². The summed E-state index contributed by atoms with van der Waals surface area (Å²) in [6.07, 6.45) is -2.53. The van der Waals surface area contributed by atoms with Crippen molar-refractivity contribution in [1.82, 2.24) is 9.97 Å². The Labute approximate surface area is 196 Å². The average Bonchev–Trinajstić information content (AvgIpc) is 2.79. The lowest BCUT2D eigenvalue weighted by atomic mass is 9.83. The molecule has 0 bridgehead atoms. The highest BCUT2D eigenvalue weighted by molar-refractivity contribution is 6.31. The van der Waals surface area contributed by atoms with Crippen molar-refractivity contribution in [2.24, 2.45) is 0 Å². The molecule has 2 aromatic heterocycles. The lowest BCUT2D eigenvalue weighted by Crippen LogP contribution is -2.28. The third-order valence-corrected chi connectivity index (χ3v) is 6.06. The Morgan fingerprint density at radius 2 is 1.71 bits per heavy atom. The van der Waals surface area contributed by atoms with E-state index in [0.717, 1.165) is 0 Å². The van der Waals surface area contributed by atoms with E-state index in [2.05, 4.69) is 14.7 Å². The second-order valence-electron chi connectivity index (χ2n) is 8.07. The van der Waals surface area contributed by atoms with Gasteiger partial charge in [-0.3, -0.25) is 14.6 Å². The maximum Gasteiger partial charge on any atom is 0.573 e. The van der Waals surface area contributed by atoms with Crippen LogP contribution < -0.4 is 10.2 Å². The number of pyridine rings is 2. The number of aromatic amines is 1. The molecule has 4 aromatic rings. The second kappa shape index (κ2) is 8.29. The molecule has 34 heavy (non-hydrogen) atoms. The van der Waals surface area contributed by atoms with Crippen LogP contribution in [0.15, 0.2) is 65.6 Å². The molecule has 1 aliphatic rings. The second-order valence-corrected chi connectivity index (χ2v) is 8.51. The van der Waals surface area contributed by atoms with Gasteiger partial charge in [-0.15, -0.1) is 13.2 Å². The van der Waals surface area contributed by atoms with E-state index in [-0.39, 0.29) is 34.9 Å². The average molecular weight is 485 g/mol. The van der Waals surface area contributed by atoms with E-state index >= 15 is 0 Å². The molecule has 0 radical (unpaired) electrons. The SMILES string of the molecule is O=C1CC(c2ccc(-c3ccc(OC(F)(F)F)cc3)cn2)Cc2[nH]c3ccc(Cl)cc3c(=O)c21. The van der Waals surface area contributed by atoms with Gasteiger partial charge >= 0.3 is 6.36 Å². The highest BCUT2D eigenvalue weighted by atomic mass is 35.5. The Morgan fingerprint density at radius 3 is 2.38 bits per heavy atom. The standard InChI is InChI=1S/C25H16ClF3N2O3/c26-16-4-8-20-18(11-16)24(33)23-21(31-20)9-15(10-22(23)32)19-7-3-14(12-30-19)13-1-5-17(6-2-13)34-25(27,28)29/h1-8,11-12,15H,9-10H2,(H,31,33). The molecular weight excluding hydrogens is 469 g/mol. The molecule has 0 fully saturated rings. The van der Waals surface area contributed by atoms with Crippen LogP contribution in [0.25, 0.3) is 22.0 Å². The van der Waals surface area contributed by atoms with Gasteiger partial charge in [0.1, 0.15) is 5.75 Å². The molecule has 1 N–H and O–H groups in total. The number of rotatable bonds is 3. The minimum atomic E-state index is -4.75. The molecular formula is C25H16ClF3N2O3. The molecule has 2 heterocycles. The van der Waals surface area contributed by atoms with Crippen LogP contribution in [-0.2, 0) is 6.42 Å². The van der Waals surface area contributed by atoms with Gasteiger partial charge in [0.2, 0.25) is 5.43 Å². The van der Waals surface area contributed by atoms with Crippen LogP contribution in [0.5, 0.6) is 5.75 Å². The quantitative estimate of drug-likeness (QED) is 0.384. The number of halogens is 4. The van der Waals surface area contributed by atoms with Gasteiger partial charge in [0.05, 0.1) is 5.56 Å². The van der Waals surface area contributed by atoms with Crippen molar-refractivity contribution in [2.45, 2.75) is 25.1 Å². The molecule has 5 rings (SSSR count). The summed E-state index contributed by atoms with van der Waals surface area (Å²) in [5.74, 6) is -0.762. The number of ether oxygens (including phenoxy) is 1. The van der Waals surface area contributed by atoms with Crippen molar-refractivity contribution in [3.05, 3.63) is 93.0 Å². The van der Waals surface area contributed by atoms with Crippen LogP contribution >= 0.6 is 11.6 Å². The summed E-state index contributed by atoms with van der Waals surface area (Å²) in [7, 11) is 0. The number of carbonyl (C=O) groups excluding carboxylic acids is 1. The van der Waals surface area contributed by atoms with E-state index in [9.17, 15) is 22.8 Å². The first-order valence-corrected chi connectivity index (χ1v) is 10.8. The summed E-state index contributed by atoms with van der Waals surface area (Å²) in [5.41, 5.74) is 3.11. The van der Waals surface area contributed by atoms with Crippen molar-refractivity contribution in [3.8, 4) is 16.9 Å². The Balaban J connectivity index is 1.40. The van der Waals surface area contributed by atoms with Crippen molar-refractivity contribution in [3.63, 3.8) is 0 Å². The van der Waals surface area contributed by atoms with Crippen LogP contribution in [0, 0.1) is 0 Å². The van der Waals surface area contributed by atoms with Crippen LogP contribution in [-0.4, -0.2) is 22.1 Å². The normalized spacial score (nSPS) is 15.9. The largest absolute Gasteiger partial charge is 0.573 e. The number of nitrogens with zero attached hydrogens (tertiary/aromatic N) is 1. The highest BCUT2D eigenvalue weighted by Crippen LogP contribution is 2.32. The molecule has 9 heteroatoms. The zero-order valence-electron chi connectivity index (χ0n) is 17.4. The van der Waals surface area contributed by atoms with Crippen LogP contribution in [0.3, 0.4) is 0 Å². The maximum absolute atomic E-state index is 12.9. The molecule has 1 atom stereocenters. The maximum atomic E-state index is 12.9. The lowest BCUT2D eigenvalue weighted by Gasteiger charge is -2.23. The molecule has 0 saturated heterocycles. The van der Waals surface area contributed by atoms with Gasteiger partial charge in [-0.25, -0.2) is 0 Å². The minimum absolute atomic E-state index is 0.151. The first-order chi connectivity index (χ1) is 16.2. The molecule has 5 nitrogen and oxygen atoms in total. The smallest absolute Gasteiger partial charge is 0.406 e. The minimum Gasteiger partial charge on any atom is -0.406 e. The molecule has 0 saturated carbocycles. The Hall–Kier alpha value is -3.65. The number of aromatic nitrogens is 2. The summed E-state index contributed by atoms with van der Waals surface area (Å²) in [6, 6.07) is 14.0. The van der Waals surface area contributed by atoms with E-state index in [1.807, 2.05) is 0 Å². The summed E-state index contributed by atoms with van der Waals surface area (Å²) >= 11 is 6.01. The van der Waals surface area contributed by atoms with E-state index in [4.69, 9.17) is 11.6 Å². The molecule has 1 unspecified atom stereocenters. The van der Waals surface area contributed by atoms with Gasteiger partial charge in [0.15, 0.2) is 5.78 Å². The van der Waals surface area contributed by atoms with Gasteiger partial charge < -0.3 is 9.72 Å². The van der Waals surface area contributed by atoms with Crippen molar-refractivity contribution < 1.29 is 22.7 Å². The molecule has 0 aliphatic heterocycles. The lowest BCUT2D eigenvalue weighted by molar-refractivity contribution is -0.274. The number of nitrogens with one attached hydrogen (secondary N) is 1. The van der Waals surface area contributed by atoms with Crippen molar-refractivity contribution in [2.75, 3.05) is 0 Å². The fraction of sp³-hybridized carbons (Fsp3) is 0.160. The summed E-state index contributed by atoms with van der Waals surface area (Å²) in [6.45, 7) is 0. The molecule has 172 valence electrons. The number of ketones is 1. The third-order valence-electron chi connectivity index (χ3n) is 5.83. The first-order valence-electron chi connectivity index (χ1n) is 10.4. The third kappa shape index (κ3) is 4.28. The zero-order valence-corrected chi connectivity index (χ0v) is 18.2. The van der Waals surface area contributed by atoms with E-state index in [1.54, 1.807) is 36.5 Å². The monoisotopic (exact) mass is 484 g/mol. The van der Waals surface area contributed by atoms with Crippen LogP contribution in [0.1, 0.15) is 34.1 Å². The predicted octanol–water partition coefficient (Wildman–Crippen LogP) is 6.05. The molecule has 2 aromatic carbocycles. The zero-order chi connectivity index (χ0) is 24.0. The fourth-order valence-corrected chi connectivity index (χ4v) is 4.45. The highest BCUT2D eigenvalue weighted by Gasteiger charge is 2.31. The summed E-state index contributed by atoms with van der Waals surface area (Å²) < 4.78 is 40.9. The first kappa shape index (κ1) is 22.2. The van der Waals surface area contributed by atoms with Gasteiger partial charge in [-0.2, -0.15) is 0 Å². The van der Waals surface area contributed by atoms with Gasteiger partial charge in [-0.1, -0.05) is 29.8 Å². The number of alkyl halides is 3. The number of hydrogen-bond donors (Lipinski definition) is 1. The number of benzene rings is 2. The predicted molar refractivity (Wildman–Crippen MR) is 121 cm³/mol.